The average molecular weight is 186 g/mol. The van der Waals surface area contributed by atoms with Crippen molar-refractivity contribution in [3.63, 3.8) is 0 Å². The highest BCUT2D eigenvalue weighted by molar-refractivity contribution is 4.71. The Morgan fingerprint density at radius 2 is 2.15 bits per heavy atom. The molecule has 1 aliphatic rings. The second-order valence-electron chi connectivity index (χ2n) is 3.54. The quantitative estimate of drug-likeness (QED) is 0.661. The van der Waals surface area contributed by atoms with Crippen molar-refractivity contribution in [3.05, 3.63) is 0 Å². The maximum absolute atomic E-state index is 5.29. The van der Waals surface area contributed by atoms with Crippen LogP contribution in [-0.4, -0.2) is 50.3 Å². The standard InChI is InChI=1S/C10H22N2O/c1-3-12(4-2)7-6-11-10-5-8-13-9-10/h10-11H,3-9H2,1-2H3. The molecule has 0 radical (unpaired) electrons. The molecule has 1 fully saturated rings. The summed E-state index contributed by atoms with van der Waals surface area (Å²) in [4.78, 5) is 2.43. The highest BCUT2D eigenvalue weighted by atomic mass is 16.5. The molecule has 3 heteroatoms. The number of likely N-dealkylation sites (N-methyl/N-ethyl adjacent to an activating group) is 1. The summed E-state index contributed by atoms with van der Waals surface area (Å²) in [6.45, 7) is 10.8. The number of hydrogen-bond donors (Lipinski definition) is 1. The van der Waals surface area contributed by atoms with Crippen molar-refractivity contribution >= 4 is 0 Å². The third-order valence-electron chi connectivity index (χ3n) is 2.69. The molecule has 0 spiro atoms. The lowest BCUT2D eigenvalue weighted by molar-refractivity contribution is 0.189. The molecule has 1 N–H and O–H groups in total. The molecule has 0 bridgehead atoms. The lowest BCUT2D eigenvalue weighted by atomic mass is 10.2. The average Bonchev–Trinajstić information content (AvgIpc) is 2.65. The lowest BCUT2D eigenvalue weighted by Crippen LogP contribution is -2.37. The zero-order valence-electron chi connectivity index (χ0n) is 8.88. The summed E-state index contributed by atoms with van der Waals surface area (Å²) in [6.07, 6.45) is 1.18. The molecule has 0 amide bonds. The van der Waals surface area contributed by atoms with Crippen LogP contribution in [0.1, 0.15) is 20.3 Å². The first-order valence-electron chi connectivity index (χ1n) is 5.40. The third kappa shape index (κ3) is 4.07. The minimum Gasteiger partial charge on any atom is -0.380 e. The Morgan fingerprint density at radius 1 is 1.38 bits per heavy atom. The van der Waals surface area contributed by atoms with E-state index in [9.17, 15) is 0 Å². The van der Waals surface area contributed by atoms with Crippen LogP contribution < -0.4 is 5.32 Å². The van der Waals surface area contributed by atoms with E-state index in [0.717, 1.165) is 39.4 Å². The van der Waals surface area contributed by atoms with Crippen LogP contribution in [0.3, 0.4) is 0 Å². The fraction of sp³-hybridized carbons (Fsp3) is 1.00. The fourth-order valence-electron chi connectivity index (χ4n) is 1.66. The molecule has 0 aliphatic carbocycles. The van der Waals surface area contributed by atoms with Crippen molar-refractivity contribution in [3.8, 4) is 0 Å². The van der Waals surface area contributed by atoms with Gasteiger partial charge < -0.3 is 15.0 Å². The molecule has 3 nitrogen and oxygen atoms in total. The van der Waals surface area contributed by atoms with Gasteiger partial charge in [-0.25, -0.2) is 0 Å². The molecule has 1 rings (SSSR count). The van der Waals surface area contributed by atoms with Crippen LogP contribution in [0.15, 0.2) is 0 Å². The van der Waals surface area contributed by atoms with Crippen molar-refractivity contribution in [2.45, 2.75) is 26.3 Å². The second-order valence-corrected chi connectivity index (χ2v) is 3.54. The Bertz CT molecular complexity index is 118. The summed E-state index contributed by atoms with van der Waals surface area (Å²) in [7, 11) is 0. The van der Waals surface area contributed by atoms with Gasteiger partial charge in [-0.3, -0.25) is 0 Å². The number of nitrogens with one attached hydrogen (secondary N) is 1. The molecule has 0 aromatic heterocycles. The van der Waals surface area contributed by atoms with Gasteiger partial charge in [0.05, 0.1) is 6.61 Å². The van der Waals surface area contributed by atoms with Crippen LogP contribution >= 0.6 is 0 Å². The minimum absolute atomic E-state index is 0.607. The largest absolute Gasteiger partial charge is 0.380 e. The third-order valence-corrected chi connectivity index (χ3v) is 2.69. The fourth-order valence-corrected chi connectivity index (χ4v) is 1.66. The van der Waals surface area contributed by atoms with E-state index in [2.05, 4.69) is 24.1 Å². The van der Waals surface area contributed by atoms with E-state index in [0.29, 0.717) is 6.04 Å². The first-order chi connectivity index (χ1) is 6.36. The molecule has 0 aromatic rings. The summed E-state index contributed by atoms with van der Waals surface area (Å²) >= 11 is 0. The van der Waals surface area contributed by atoms with Crippen molar-refractivity contribution < 1.29 is 4.74 Å². The molecule has 1 unspecified atom stereocenters. The van der Waals surface area contributed by atoms with E-state index in [4.69, 9.17) is 4.74 Å². The van der Waals surface area contributed by atoms with Gasteiger partial charge in [-0.05, 0) is 19.5 Å². The topological polar surface area (TPSA) is 24.5 Å². The summed E-state index contributed by atoms with van der Waals surface area (Å²) in [6, 6.07) is 0.607. The zero-order valence-corrected chi connectivity index (χ0v) is 8.88. The summed E-state index contributed by atoms with van der Waals surface area (Å²) in [5, 5.41) is 3.51. The van der Waals surface area contributed by atoms with Crippen molar-refractivity contribution in [2.24, 2.45) is 0 Å². The Morgan fingerprint density at radius 3 is 2.69 bits per heavy atom. The van der Waals surface area contributed by atoms with Crippen LogP contribution in [-0.2, 0) is 4.74 Å². The predicted octanol–water partition coefficient (Wildman–Crippen LogP) is 0.707. The van der Waals surface area contributed by atoms with E-state index in [1.165, 1.54) is 6.42 Å². The molecule has 13 heavy (non-hydrogen) atoms. The van der Waals surface area contributed by atoms with E-state index < -0.39 is 0 Å². The normalized spacial score (nSPS) is 22.8. The number of rotatable bonds is 6. The van der Waals surface area contributed by atoms with Gasteiger partial charge in [0.1, 0.15) is 0 Å². The SMILES string of the molecule is CCN(CC)CCNC1CCOC1. The Kier molecular flexibility index (Phi) is 5.35. The smallest absolute Gasteiger partial charge is 0.0620 e. The molecular weight excluding hydrogens is 164 g/mol. The molecule has 1 heterocycles. The minimum atomic E-state index is 0.607. The highest BCUT2D eigenvalue weighted by Gasteiger charge is 2.14. The van der Waals surface area contributed by atoms with Crippen LogP contribution in [0, 0.1) is 0 Å². The monoisotopic (exact) mass is 186 g/mol. The zero-order chi connectivity index (χ0) is 9.52. The van der Waals surface area contributed by atoms with Gasteiger partial charge in [-0.2, -0.15) is 0 Å². The predicted molar refractivity (Wildman–Crippen MR) is 55.0 cm³/mol. The Hall–Kier alpha value is -0.120. The molecule has 78 valence electrons. The lowest BCUT2D eigenvalue weighted by Gasteiger charge is -2.19. The van der Waals surface area contributed by atoms with E-state index in [1.54, 1.807) is 0 Å². The van der Waals surface area contributed by atoms with Gasteiger partial charge in [-0.1, -0.05) is 13.8 Å². The van der Waals surface area contributed by atoms with Gasteiger partial charge in [0.15, 0.2) is 0 Å². The first-order valence-corrected chi connectivity index (χ1v) is 5.40. The Labute approximate surface area is 81.4 Å². The maximum atomic E-state index is 5.29. The van der Waals surface area contributed by atoms with Crippen LogP contribution in [0.2, 0.25) is 0 Å². The number of nitrogens with zero attached hydrogens (tertiary/aromatic N) is 1. The van der Waals surface area contributed by atoms with Crippen LogP contribution in [0.25, 0.3) is 0 Å². The first kappa shape index (κ1) is 11.0. The van der Waals surface area contributed by atoms with E-state index in [1.807, 2.05) is 0 Å². The van der Waals surface area contributed by atoms with E-state index in [-0.39, 0.29) is 0 Å². The maximum Gasteiger partial charge on any atom is 0.0620 e. The summed E-state index contributed by atoms with van der Waals surface area (Å²) in [5.74, 6) is 0. The summed E-state index contributed by atoms with van der Waals surface area (Å²) < 4.78 is 5.29. The molecule has 1 aliphatic heterocycles. The van der Waals surface area contributed by atoms with Gasteiger partial charge in [0.2, 0.25) is 0 Å². The highest BCUT2D eigenvalue weighted by Crippen LogP contribution is 2.02. The Balaban J connectivity index is 1.98. The van der Waals surface area contributed by atoms with Crippen molar-refractivity contribution in [1.82, 2.24) is 10.2 Å². The van der Waals surface area contributed by atoms with Gasteiger partial charge in [0.25, 0.3) is 0 Å². The summed E-state index contributed by atoms with van der Waals surface area (Å²) in [5.41, 5.74) is 0. The van der Waals surface area contributed by atoms with Gasteiger partial charge in [0, 0.05) is 25.7 Å². The van der Waals surface area contributed by atoms with Gasteiger partial charge >= 0.3 is 0 Å². The second kappa shape index (κ2) is 6.35. The molecular formula is C10H22N2O. The van der Waals surface area contributed by atoms with Crippen LogP contribution in [0.5, 0.6) is 0 Å². The molecule has 1 atom stereocenters. The number of hydrogen-bond acceptors (Lipinski definition) is 3. The van der Waals surface area contributed by atoms with Gasteiger partial charge in [-0.15, -0.1) is 0 Å². The molecule has 1 saturated heterocycles. The van der Waals surface area contributed by atoms with Crippen molar-refractivity contribution in [2.75, 3.05) is 39.4 Å². The molecule has 0 aromatic carbocycles. The van der Waals surface area contributed by atoms with Crippen LogP contribution in [0.4, 0.5) is 0 Å². The molecule has 0 saturated carbocycles. The van der Waals surface area contributed by atoms with E-state index >= 15 is 0 Å². The number of ether oxygens (including phenoxy) is 1. The van der Waals surface area contributed by atoms with Crippen molar-refractivity contribution in [1.29, 1.82) is 0 Å².